The second kappa shape index (κ2) is 11.5. The molecular formula is C36H35O6S2-. The Morgan fingerprint density at radius 2 is 1.05 bits per heavy atom. The predicted octanol–water partition coefficient (Wildman–Crippen LogP) is 8.91. The molecule has 0 aromatic heterocycles. The van der Waals surface area contributed by atoms with E-state index in [2.05, 4.69) is 12.1 Å². The molecule has 0 radical (unpaired) electrons. The molecule has 5 aromatic carbocycles. The fourth-order valence-corrected chi connectivity index (χ4v) is 10.2. The first-order valence-electron chi connectivity index (χ1n) is 15.6. The second-order valence-corrected chi connectivity index (χ2v) is 15.1. The normalized spacial score (nSPS) is 17.4. The highest BCUT2D eigenvalue weighted by atomic mass is 32.2. The van der Waals surface area contributed by atoms with Gasteiger partial charge in [-0.3, -0.25) is 0 Å². The van der Waals surface area contributed by atoms with Crippen LogP contribution in [0.25, 0.3) is 32.3 Å². The van der Waals surface area contributed by atoms with Gasteiger partial charge in [-0.2, -0.15) is 8.42 Å². The van der Waals surface area contributed by atoms with E-state index in [4.69, 9.17) is 4.18 Å². The molecule has 2 aliphatic rings. The monoisotopic (exact) mass is 627 g/mol. The third kappa shape index (κ3) is 5.17. The molecule has 8 heteroatoms. The molecule has 0 atom stereocenters. The first kappa shape index (κ1) is 29.3. The van der Waals surface area contributed by atoms with Crippen LogP contribution in [0.3, 0.4) is 0 Å². The summed E-state index contributed by atoms with van der Waals surface area (Å²) in [5.41, 5.74) is 1.69. The van der Waals surface area contributed by atoms with Crippen LogP contribution in [0.2, 0.25) is 0 Å². The van der Waals surface area contributed by atoms with E-state index in [0.29, 0.717) is 0 Å². The lowest BCUT2D eigenvalue weighted by atomic mass is 9.78. The summed E-state index contributed by atoms with van der Waals surface area (Å²) in [6.45, 7) is 0. The van der Waals surface area contributed by atoms with Gasteiger partial charge < -0.3 is 8.74 Å². The van der Waals surface area contributed by atoms with E-state index in [1.54, 1.807) is 36.4 Å². The summed E-state index contributed by atoms with van der Waals surface area (Å²) < 4.78 is 73.7. The van der Waals surface area contributed by atoms with Gasteiger partial charge in [-0.25, -0.2) is 8.42 Å². The molecule has 0 amide bonds. The lowest BCUT2D eigenvalue weighted by Crippen LogP contribution is -2.20. The Labute approximate surface area is 258 Å². The average molecular weight is 628 g/mol. The van der Waals surface area contributed by atoms with E-state index in [1.165, 1.54) is 12.1 Å². The molecule has 0 saturated heterocycles. The summed E-state index contributed by atoms with van der Waals surface area (Å²) >= 11 is 0. The molecule has 0 spiro atoms. The average Bonchev–Trinajstić information content (AvgIpc) is 3.04. The van der Waals surface area contributed by atoms with E-state index in [-0.39, 0.29) is 48.9 Å². The minimum Gasteiger partial charge on any atom is -0.744 e. The molecule has 6 nitrogen and oxygen atoms in total. The summed E-state index contributed by atoms with van der Waals surface area (Å²) in [6.07, 6.45) is 10.2. The van der Waals surface area contributed by atoms with Gasteiger partial charge in [0.25, 0.3) is 0 Å². The van der Waals surface area contributed by atoms with Crippen LogP contribution in [0.15, 0.2) is 88.7 Å². The number of rotatable bonds is 6. The highest BCUT2D eigenvalue weighted by molar-refractivity contribution is 7.87. The highest BCUT2D eigenvalue weighted by Gasteiger charge is 2.35. The molecular weight excluding hydrogens is 593 g/mol. The molecule has 0 N–H and O–H groups in total. The van der Waals surface area contributed by atoms with Gasteiger partial charge in [-0.1, -0.05) is 111 Å². The van der Waals surface area contributed by atoms with Crippen molar-refractivity contribution in [2.75, 3.05) is 0 Å². The maximum atomic E-state index is 14.9. The van der Waals surface area contributed by atoms with Crippen molar-refractivity contribution < 1.29 is 25.6 Å². The Kier molecular flexibility index (Phi) is 7.63. The van der Waals surface area contributed by atoms with E-state index < -0.39 is 20.2 Å². The van der Waals surface area contributed by atoms with Gasteiger partial charge in [0.2, 0.25) is 0 Å². The predicted molar refractivity (Wildman–Crippen MR) is 173 cm³/mol. The first-order chi connectivity index (χ1) is 21.2. The van der Waals surface area contributed by atoms with Gasteiger partial charge in [-0.05, 0) is 65.5 Å². The van der Waals surface area contributed by atoms with Crippen LogP contribution in [0.5, 0.6) is 5.75 Å². The molecule has 2 aliphatic carbocycles. The lowest BCUT2D eigenvalue weighted by molar-refractivity contribution is 0.422. The van der Waals surface area contributed by atoms with Crippen LogP contribution in [0.4, 0.5) is 0 Å². The summed E-state index contributed by atoms with van der Waals surface area (Å²) in [6, 6.07) is 23.1. The Bertz CT molecular complexity index is 2050. The van der Waals surface area contributed by atoms with Crippen molar-refractivity contribution in [3.05, 3.63) is 90.0 Å². The van der Waals surface area contributed by atoms with Crippen LogP contribution in [-0.2, 0) is 20.2 Å². The zero-order chi connectivity index (χ0) is 30.5. The quantitative estimate of drug-likeness (QED) is 0.106. The van der Waals surface area contributed by atoms with Crippen molar-refractivity contribution in [3.63, 3.8) is 0 Å². The fourth-order valence-electron chi connectivity index (χ4n) is 7.73. The molecule has 7 rings (SSSR count). The topological polar surface area (TPSA) is 101 Å². The molecule has 0 unspecified atom stereocenters. The van der Waals surface area contributed by atoms with E-state index in [0.717, 1.165) is 86.1 Å². The van der Waals surface area contributed by atoms with Crippen molar-refractivity contribution in [1.29, 1.82) is 0 Å². The summed E-state index contributed by atoms with van der Waals surface area (Å²) in [4.78, 5) is -0.0892. The molecule has 0 heterocycles. The molecule has 2 saturated carbocycles. The van der Waals surface area contributed by atoms with Crippen LogP contribution in [-0.4, -0.2) is 21.4 Å². The maximum Gasteiger partial charge on any atom is 0.339 e. The standard InChI is InChI=1S/C36H36O6S2/c37-43(38,39)35-30-21-11-9-19-28(30)34(29-20-10-12-22-31(29)35)42-44(40,41)36-32(24-13-3-1-4-14-24)23-26-17-7-8-18-27(26)33(36)25-15-5-2-6-16-25/h7-12,17-25H,1-6,13-16H2,(H,37,38,39)/p-1. The third-order valence-electron chi connectivity index (χ3n) is 9.65. The number of fused-ring (bicyclic) bond motifs is 3. The van der Waals surface area contributed by atoms with Crippen LogP contribution < -0.4 is 4.18 Å². The number of benzene rings is 5. The zero-order valence-corrected chi connectivity index (χ0v) is 26.1. The van der Waals surface area contributed by atoms with Crippen molar-refractivity contribution in [3.8, 4) is 5.75 Å². The largest absolute Gasteiger partial charge is 0.744 e. The van der Waals surface area contributed by atoms with E-state index in [9.17, 15) is 21.4 Å². The fraction of sp³-hybridized carbons (Fsp3) is 0.333. The Hall–Kier alpha value is -3.46. The summed E-state index contributed by atoms with van der Waals surface area (Å²) in [5.74, 6) is 0.235. The van der Waals surface area contributed by atoms with E-state index in [1.807, 2.05) is 18.2 Å². The Morgan fingerprint density at radius 3 is 1.59 bits per heavy atom. The van der Waals surface area contributed by atoms with Gasteiger partial charge >= 0.3 is 10.1 Å². The molecule has 5 aromatic rings. The van der Waals surface area contributed by atoms with Crippen molar-refractivity contribution in [1.82, 2.24) is 0 Å². The summed E-state index contributed by atoms with van der Waals surface area (Å²) in [7, 11) is -9.31. The minimum absolute atomic E-state index is 0.0425. The first-order valence-corrected chi connectivity index (χ1v) is 18.4. The van der Waals surface area contributed by atoms with Gasteiger partial charge in [-0.15, -0.1) is 0 Å². The molecule has 0 aliphatic heterocycles. The van der Waals surface area contributed by atoms with Gasteiger partial charge in [0, 0.05) is 21.5 Å². The second-order valence-electron chi connectivity index (χ2n) is 12.3. The maximum absolute atomic E-state index is 14.9. The van der Waals surface area contributed by atoms with Crippen molar-refractivity contribution >= 4 is 52.6 Å². The minimum atomic E-state index is -4.89. The van der Waals surface area contributed by atoms with Gasteiger partial charge in [0.05, 0.1) is 4.90 Å². The molecule has 2 fully saturated rings. The molecule has 228 valence electrons. The Morgan fingerprint density at radius 1 is 0.568 bits per heavy atom. The zero-order valence-electron chi connectivity index (χ0n) is 24.5. The lowest BCUT2D eigenvalue weighted by Gasteiger charge is -2.31. The van der Waals surface area contributed by atoms with Crippen LogP contribution in [0, 0.1) is 0 Å². The molecule has 44 heavy (non-hydrogen) atoms. The Balaban J connectivity index is 1.52. The van der Waals surface area contributed by atoms with Crippen LogP contribution >= 0.6 is 0 Å². The van der Waals surface area contributed by atoms with Crippen molar-refractivity contribution in [2.45, 2.75) is 85.8 Å². The third-order valence-corrected chi connectivity index (χ3v) is 11.9. The number of hydrogen-bond donors (Lipinski definition) is 0. The highest BCUT2D eigenvalue weighted by Crippen LogP contribution is 2.48. The molecule has 0 bridgehead atoms. The summed E-state index contributed by atoms with van der Waals surface area (Å²) in [5, 5.41) is 2.82. The smallest absolute Gasteiger partial charge is 0.339 e. The number of hydrogen-bond acceptors (Lipinski definition) is 6. The van der Waals surface area contributed by atoms with Crippen LogP contribution in [0.1, 0.15) is 87.2 Å². The van der Waals surface area contributed by atoms with Crippen molar-refractivity contribution in [2.24, 2.45) is 0 Å². The van der Waals surface area contributed by atoms with Gasteiger partial charge in [0.1, 0.15) is 15.0 Å². The SMILES string of the molecule is O=S(=O)([O-])c1c2ccccc2c(OS(=O)(=O)c2c(C3CCCCC3)cc3ccccc3c2C2CCCCC2)c2ccccc12. The van der Waals surface area contributed by atoms with E-state index >= 15 is 0 Å². The van der Waals surface area contributed by atoms with Gasteiger partial charge in [0.15, 0.2) is 5.75 Å².